The first-order valence-corrected chi connectivity index (χ1v) is 12.9. The van der Waals surface area contributed by atoms with Gasteiger partial charge in [-0.1, -0.05) is 74.5 Å². The van der Waals surface area contributed by atoms with E-state index in [1.807, 2.05) is 60.7 Å². The minimum atomic E-state index is -0.790. The number of fused-ring (bicyclic) bond motifs is 1. The van der Waals surface area contributed by atoms with Gasteiger partial charge in [-0.05, 0) is 41.2 Å². The van der Waals surface area contributed by atoms with E-state index in [0.29, 0.717) is 25.8 Å². The number of nitrogens with one attached hydrogen (secondary N) is 2. The molecule has 2 aromatic rings. The lowest BCUT2D eigenvalue weighted by Gasteiger charge is -2.31. The van der Waals surface area contributed by atoms with Crippen LogP contribution >= 0.6 is 0 Å². The fourth-order valence-corrected chi connectivity index (χ4v) is 6.12. The summed E-state index contributed by atoms with van der Waals surface area (Å²) in [5, 5.41) is 5.58. The Morgan fingerprint density at radius 1 is 1.11 bits per heavy atom. The van der Waals surface area contributed by atoms with Crippen LogP contribution in [0.15, 0.2) is 60.7 Å². The van der Waals surface area contributed by atoms with Crippen LogP contribution in [-0.4, -0.2) is 54.3 Å². The predicted molar refractivity (Wildman–Crippen MR) is 136 cm³/mol. The highest BCUT2D eigenvalue weighted by atomic mass is 16.6. The Kier molecular flexibility index (Phi) is 6.75. The van der Waals surface area contributed by atoms with Crippen molar-refractivity contribution in [3.63, 3.8) is 0 Å². The first-order chi connectivity index (χ1) is 17.8. The van der Waals surface area contributed by atoms with Gasteiger partial charge in [0.2, 0.25) is 11.8 Å². The van der Waals surface area contributed by atoms with Gasteiger partial charge in [0, 0.05) is 19.0 Å². The number of aldehydes is 1. The molecular formula is C29H33N3O5. The van der Waals surface area contributed by atoms with E-state index in [0.717, 1.165) is 11.1 Å². The number of carbonyl (C=O) groups excluding carboxylic acids is 4. The van der Waals surface area contributed by atoms with Crippen LogP contribution in [0.1, 0.15) is 43.9 Å². The molecule has 8 heteroatoms. The summed E-state index contributed by atoms with van der Waals surface area (Å²) in [5.41, 5.74) is 1.59. The third kappa shape index (κ3) is 4.84. The highest BCUT2D eigenvalue weighted by Crippen LogP contribution is 2.65. The zero-order chi connectivity index (χ0) is 26.2. The normalized spacial score (nSPS) is 26.2. The lowest BCUT2D eigenvalue weighted by Crippen LogP contribution is -2.53. The van der Waals surface area contributed by atoms with Crippen LogP contribution in [0.5, 0.6) is 0 Å². The Balaban J connectivity index is 1.34. The number of piperidine rings is 1. The second kappa shape index (κ2) is 10.00. The quantitative estimate of drug-likeness (QED) is 0.539. The second-order valence-corrected chi connectivity index (χ2v) is 10.9. The molecule has 0 spiro atoms. The highest BCUT2D eigenvalue weighted by molar-refractivity contribution is 5.90. The zero-order valence-electron chi connectivity index (χ0n) is 21.1. The summed E-state index contributed by atoms with van der Waals surface area (Å²) in [6.45, 7) is 5.19. The van der Waals surface area contributed by atoms with E-state index >= 15 is 0 Å². The van der Waals surface area contributed by atoms with Gasteiger partial charge >= 0.3 is 6.09 Å². The number of rotatable bonds is 8. The van der Waals surface area contributed by atoms with Gasteiger partial charge in [0.05, 0.1) is 6.04 Å². The van der Waals surface area contributed by atoms with E-state index in [2.05, 4.69) is 24.5 Å². The van der Waals surface area contributed by atoms with Crippen LogP contribution < -0.4 is 10.6 Å². The van der Waals surface area contributed by atoms with Crippen molar-refractivity contribution in [1.82, 2.24) is 15.5 Å². The standard InChI is InChI=1S/C29H33N3O5/c1-29(2)22-16-32(24(23(22)29)27(35)31-21(17-33)15-20-13-14-30-26(20)34)28(36)37-25(18-9-5-3-6-10-18)19-11-7-4-8-12-19/h3-12,17,20-25H,13-16H2,1-2H3,(H,30,34)(H,31,35)/t20-,21-,22-,23-,24-/m0/s1. The summed E-state index contributed by atoms with van der Waals surface area (Å²) in [6, 6.07) is 17.5. The fourth-order valence-electron chi connectivity index (χ4n) is 6.12. The van der Waals surface area contributed by atoms with E-state index in [1.165, 1.54) is 4.90 Å². The summed E-state index contributed by atoms with van der Waals surface area (Å²) >= 11 is 0. The Morgan fingerprint density at radius 2 is 1.73 bits per heavy atom. The molecule has 37 heavy (non-hydrogen) atoms. The van der Waals surface area contributed by atoms with Gasteiger partial charge in [-0.25, -0.2) is 4.79 Å². The van der Waals surface area contributed by atoms with Crippen LogP contribution in [0, 0.1) is 23.2 Å². The van der Waals surface area contributed by atoms with Gasteiger partial charge in [0.15, 0.2) is 6.10 Å². The molecule has 3 amide bonds. The van der Waals surface area contributed by atoms with Crippen LogP contribution in [-0.2, 0) is 19.1 Å². The number of carbonyl (C=O) groups is 4. The monoisotopic (exact) mass is 503 g/mol. The van der Waals surface area contributed by atoms with Crippen LogP contribution in [0.3, 0.4) is 0 Å². The minimum Gasteiger partial charge on any atom is -0.436 e. The summed E-state index contributed by atoms with van der Waals surface area (Å²) in [4.78, 5) is 52.4. The van der Waals surface area contributed by atoms with Crippen molar-refractivity contribution < 1.29 is 23.9 Å². The Labute approximate surface area is 216 Å². The minimum absolute atomic E-state index is 0.0194. The van der Waals surface area contributed by atoms with Gasteiger partial charge in [0.25, 0.3) is 0 Å². The molecule has 0 radical (unpaired) electrons. The van der Waals surface area contributed by atoms with Crippen molar-refractivity contribution in [3.05, 3.63) is 71.8 Å². The molecule has 3 fully saturated rings. The number of nitrogens with zero attached hydrogens (tertiary/aromatic N) is 1. The van der Waals surface area contributed by atoms with Gasteiger partial charge < -0.3 is 20.2 Å². The Morgan fingerprint density at radius 3 is 2.27 bits per heavy atom. The van der Waals surface area contributed by atoms with Crippen molar-refractivity contribution in [3.8, 4) is 0 Å². The molecule has 1 aliphatic carbocycles. The first-order valence-electron chi connectivity index (χ1n) is 12.9. The van der Waals surface area contributed by atoms with Crippen LogP contribution in [0.25, 0.3) is 0 Å². The Hall–Kier alpha value is -3.68. The maximum Gasteiger partial charge on any atom is 0.411 e. The molecule has 3 aliphatic rings. The predicted octanol–water partition coefficient (Wildman–Crippen LogP) is 3.08. The largest absolute Gasteiger partial charge is 0.436 e. The Bertz CT molecular complexity index is 1130. The van der Waals surface area contributed by atoms with Crippen molar-refractivity contribution in [1.29, 1.82) is 0 Å². The summed E-state index contributed by atoms with van der Waals surface area (Å²) in [5.74, 6) is -0.611. The molecule has 2 heterocycles. The SMILES string of the molecule is CC1(C)[C@@H]2[C@@H](C(=O)N[C@H](C=O)C[C@@H]3CCNC3=O)N(C(=O)OC(c3ccccc3)c3ccccc3)C[C@@H]21. The first kappa shape index (κ1) is 25.0. The number of hydrogen-bond donors (Lipinski definition) is 2. The molecule has 194 valence electrons. The second-order valence-electron chi connectivity index (χ2n) is 10.9. The lowest BCUT2D eigenvalue weighted by molar-refractivity contribution is -0.129. The summed E-state index contributed by atoms with van der Waals surface area (Å²) < 4.78 is 6.06. The third-order valence-electron chi connectivity index (χ3n) is 8.33. The maximum absolute atomic E-state index is 13.6. The summed E-state index contributed by atoms with van der Waals surface area (Å²) in [6.07, 6.45) is 0.391. The molecular weight excluding hydrogens is 470 g/mol. The number of amides is 3. The maximum atomic E-state index is 13.6. The van der Waals surface area contributed by atoms with Gasteiger partial charge in [0.1, 0.15) is 12.3 Å². The van der Waals surface area contributed by atoms with Crippen molar-refractivity contribution in [2.45, 2.75) is 44.9 Å². The molecule has 2 aromatic carbocycles. The van der Waals surface area contributed by atoms with E-state index in [9.17, 15) is 19.2 Å². The molecule has 8 nitrogen and oxygen atoms in total. The molecule has 2 saturated heterocycles. The molecule has 2 aliphatic heterocycles. The fraction of sp³-hybridized carbons (Fsp3) is 0.448. The smallest absolute Gasteiger partial charge is 0.411 e. The number of benzene rings is 2. The van der Waals surface area contributed by atoms with Crippen molar-refractivity contribution >= 4 is 24.2 Å². The lowest BCUT2D eigenvalue weighted by atomic mass is 9.97. The average molecular weight is 504 g/mol. The molecule has 0 aromatic heterocycles. The van der Waals surface area contributed by atoms with Crippen LogP contribution in [0.4, 0.5) is 4.79 Å². The molecule has 5 rings (SSSR count). The number of hydrogen-bond acceptors (Lipinski definition) is 5. The van der Waals surface area contributed by atoms with Crippen molar-refractivity contribution in [2.24, 2.45) is 23.2 Å². The van der Waals surface area contributed by atoms with Gasteiger partial charge in [-0.3, -0.25) is 14.5 Å². The van der Waals surface area contributed by atoms with Gasteiger partial charge in [-0.2, -0.15) is 0 Å². The van der Waals surface area contributed by atoms with E-state index in [1.54, 1.807) is 0 Å². The molecule has 0 unspecified atom stereocenters. The van der Waals surface area contributed by atoms with Crippen molar-refractivity contribution in [2.75, 3.05) is 13.1 Å². The number of likely N-dealkylation sites (tertiary alicyclic amines) is 1. The summed E-state index contributed by atoms with van der Waals surface area (Å²) in [7, 11) is 0. The molecule has 5 atom stereocenters. The van der Waals surface area contributed by atoms with E-state index in [4.69, 9.17) is 4.74 Å². The molecule has 0 bridgehead atoms. The van der Waals surface area contributed by atoms with E-state index < -0.39 is 24.3 Å². The van der Waals surface area contributed by atoms with E-state index in [-0.39, 0.29) is 41.4 Å². The topological polar surface area (TPSA) is 105 Å². The van der Waals surface area contributed by atoms with Crippen LogP contribution in [0.2, 0.25) is 0 Å². The third-order valence-corrected chi connectivity index (χ3v) is 8.33. The average Bonchev–Trinajstić information content (AvgIpc) is 3.25. The highest BCUT2D eigenvalue weighted by Gasteiger charge is 2.69. The molecule has 2 N–H and O–H groups in total. The van der Waals surface area contributed by atoms with Gasteiger partial charge in [-0.15, -0.1) is 0 Å². The zero-order valence-corrected chi connectivity index (χ0v) is 21.1. The molecule has 1 saturated carbocycles. The number of ether oxygens (including phenoxy) is 1.